The summed E-state index contributed by atoms with van der Waals surface area (Å²) in [4.78, 5) is 18.2. The summed E-state index contributed by atoms with van der Waals surface area (Å²) in [6, 6.07) is 0. The van der Waals surface area contributed by atoms with E-state index in [1.54, 1.807) is 0 Å². The average Bonchev–Trinajstić information content (AvgIpc) is 2.86. The summed E-state index contributed by atoms with van der Waals surface area (Å²) in [5.41, 5.74) is 0.518. The highest BCUT2D eigenvalue weighted by Crippen LogP contribution is 2.21. The van der Waals surface area contributed by atoms with Crippen LogP contribution < -0.4 is 10.2 Å². The highest BCUT2D eigenvalue weighted by atomic mass is 32.1. The van der Waals surface area contributed by atoms with Crippen molar-refractivity contribution < 1.29 is 9.53 Å². The summed E-state index contributed by atoms with van der Waals surface area (Å²) < 4.78 is 5.28. The van der Waals surface area contributed by atoms with E-state index in [1.165, 1.54) is 11.3 Å². The molecule has 0 radical (unpaired) electrons. The van der Waals surface area contributed by atoms with E-state index in [-0.39, 0.29) is 5.91 Å². The third kappa shape index (κ3) is 3.17. The molecule has 1 aliphatic rings. The molecule has 0 aromatic carbocycles. The molecular weight excluding hydrogens is 238 g/mol. The number of hydrogen-bond acceptors (Lipinski definition) is 5. The minimum Gasteiger partial charge on any atom is -0.378 e. The summed E-state index contributed by atoms with van der Waals surface area (Å²) >= 11 is 1.52. The lowest BCUT2D eigenvalue weighted by atomic mass is 10.4. The molecule has 2 heterocycles. The van der Waals surface area contributed by atoms with Crippen molar-refractivity contribution in [2.75, 3.05) is 37.7 Å². The van der Waals surface area contributed by atoms with Crippen molar-refractivity contribution in [1.29, 1.82) is 0 Å². The van der Waals surface area contributed by atoms with Crippen molar-refractivity contribution >= 4 is 22.4 Å². The molecule has 1 aromatic rings. The topological polar surface area (TPSA) is 54.5 Å². The summed E-state index contributed by atoms with van der Waals surface area (Å²) in [6.45, 7) is 5.89. The van der Waals surface area contributed by atoms with Crippen LogP contribution in [-0.2, 0) is 4.74 Å². The first-order valence-electron chi connectivity index (χ1n) is 5.87. The standard InChI is InChI=1S/C11H17N3O2S/c1-2-3-12-10(15)9-8-17-11(13-9)14-4-6-16-7-5-14/h8H,2-7H2,1H3,(H,12,15). The van der Waals surface area contributed by atoms with Gasteiger partial charge in [-0.2, -0.15) is 0 Å². The second-order valence-corrected chi connectivity index (χ2v) is 4.71. The lowest BCUT2D eigenvalue weighted by Gasteiger charge is -2.25. The molecule has 1 aliphatic heterocycles. The van der Waals surface area contributed by atoms with Crippen molar-refractivity contribution in [3.8, 4) is 0 Å². The monoisotopic (exact) mass is 255 g/mol. The number of ether oxygens (including phenoxy) is 1. The van der Waals surface area contributed by atoms with Crippen molar-refractivity contribution in [1.82, 2.24) is 10.3 Å². The van der Waals surface area contributed by atoms with Gasteiger partial charge in [0.25, 0.3) is 5.91 Å². The van der Waals surface area contributed by atoms with Crippen molar-refractivity contribution in [2.24, 2.45) is 0 Å². The molecule has 5 nitrogen and oxygen atoms in total. The molecule has 0 saturated carbocycles. The van der Waals surface area contributed by atoms with Crippen LogP contribution in [0.25, 0.3) is 0 Å². The quantitative estimate of drug-likeness (QED) is 0.876. The predicted molar refractivity (Wildman–Crippen MR) is 67.8 cm³/mol. The van der Waals surface area contributed by atoms with Crippen LogP contribution in [-0.4, -0.2) is 43.7 Å². The Bertz CT molecular complexity index is 375. The molecule has 1 saturated heterocycles. The van der Waals surface area contributed by atoms with E-state index in [2.05, 4.69) is 15.2 Å². The van der Waals surface area contributed by atoms with E-state index < -0.39 is 0 Å². The molecule has 94 valence electrons. The zero-order chi connectivity index (χ0) is 12.1. The Labute approximate surface area is 105 Å². The van der Waals surface area contributed by atoms with Crippen LogP contribution in [0.2, 0.25) is 0 Å². The Kier molecular flexibility index (Phi) is 4.33. The van der Waals surface area contributed by atoms with E-state index in [9.17, 15) is 4.79 Å². The molecule has 1 amide bonds. The first-order valence-corrected chi connectivity index (χ1v) is 6.75. The van der Waals surface area contributed by atoms with Crippen LogP contribution >= 0.6 is 11.3 Å². The maximum atomic E-state index is 11.7. The fourth-order valence-corrected chi connectivity index (χ4v) is 2.46. The fourth-order valence-electron chi connectivity index (χ4n) is 1.60. The van der Waals surface area contributed by atoms with Gasteiger partial charge in [0.15, 0.2) is 5.13 Å². The fraction of sp³-hybridized carbons (Fsp3) is 0.636. The van der Waals surface area contributed by atoms with Crippen molar-refractivity contribution in [3.05, 3.63) is 11.1 Å². The zero-order valence-corrected chi connectivity index (χ0v) is 10.8. The summed E-state index contributed by atoms with van der Waals surface area (Å²) in [5.74, 6) is -0.0809. The van der Waals surface area contributed by atoms with Crippen molar-refractivity contribution in [3.63, 3.8) is 0 Å². The number of amides is 1. The molecule has 1 N–H and O–H groups in total. The molecule has 0 aliphatic carbocycles. The lowest BCUT2D eigenvalue weighted by Crippen LogP contribution is -2.36. The molecule has 0 spiro atoms. The maximum Gasteiger partial charge on any atom is 0.270 e. The Hall–Kier alpha value is -1.14. The second kappa shape index (κ2) is 5.97. The number of nitrogens with one attached hydrogen (secondary N) is 1. The van der Waals surface area contributed by atoms with Crippen LogP contribution in [0.15, 0.2) is 5.38 Å². The number of morpholine rings is 1. The molecule has 0 bridgehead atoms. The van der Waals surface area contributed by atoms with E-state index >= 15 is 0 Å². The number of thiazole rings is 1. The van der Waals surface area contributed by atoms with E-state index in [4.69, 9.17) is 4.74 Å². The number of hydrogen-bond donors (Lipinski definition) is 1. The van der Waals surface area contributed by atoms with Gasteiger partial charge < -0.3 is 15.0 Å². The molecule has 6 heteroatoms. The van der Waals surface area contributed by atoms with Gasteiger partial charge in [0.05, 0.1) is 13.2 Å². The van der Waals surface area contributed by atoms with Gasteiger partial charge in [0, 0.05) is 25.0 Å². The van der Waals surface area contributed by atoms with Crippen molar-refractivity contribution in [2.45, 2.75) is 13.3 Å². The van der Waals surface area contributed by atoms with E-state index in [1.807, 2.05) is 12.3 Å². The molecular formula is C11H17N3O2S. The molecule has 0 unspecified atom stereocenters. The van der Waals surface area contributed by atoms with Crippen LogP contribution in [0.5, 0.6) is 0 Å². The van der Waals surface area contributed by atoms with Gasteiger partial charge in [-0.1, -0.05) is 6.92 Å². The van der Waals surface area contributed by atoms with Gasteiger partial charge in [-0.25, -0.2) is 4.98 Å². The smallest absolute Gasteiger partial charge is 0.270 e. The lowest BCUT2D eigenvalue weighted by molar-refractivity contribution is 0.0949. The van der Waals surface area contributed by atoms with E-state index in [0.29, 0.717) is 12.2 Å². The third-order valence-electron chi connectivity index (χ3n) is 2.54. The van der Waals surface area contributed by atoms with Gasteiger partial charge >= 0.3 is 0 Å². The van der Waals surface area contributed by atoms with Gasteiger partial charge in [-0.05, 0) is 6.42 Å². The second-order valence-electron chi connectivity index (χ2n) is 3.87. The number of rotatable bonds is 4. The predicted octanol–water partition coefficient (Wildman–Crippen LogP) is 1.12. The van der Waals surface area contributed by atoms with E-state index in [0.717, 1.165) is 37.9 Å². The Morgan fingerprint density at radius 2 is 2.35 bits per heavy atom. The summed E-state index contributed by atoms with van der Waals surface area (Å²) in [7, 11) is 0. The average molecular weight is 255 g/mol. The molecule has 2 rings (SSSR count). The normalized spacial score (nSPS) is 15.9. The SMILES string of the molecule is CCCNC(=O)c1csc(N2CCOCC2)n1. The number of nitrogens with zero attached hydrogens (tertiary/aromatic N) is 2. The number of carbonyl (C=O) groups is 1. The highest BCUT2D eigenvalue weighted by molar-refractivity contribution is 7.13. The molecule has 1 fully saturated rings. The highest BCUT2D eigenvalue weighted by Gasteiger charge is 2.16. The summed E-state index contributed by atoms with van der Waals surface area (Å²) in [6.07, 6.45) is 0.937. The number of aromatic nitrogens is 1. The van der Waals surface area contributed by atoms with Gasteiger partial charge in [-0.3, -0.25) is 4.79 Å². The minimum absolute atomic E-state index is 0.0809. The largest absolute Gasteiger partial charge is 0.378 e. The maximum absolute atomic E-state index is 11.7. The van der Waals surface area contributed by atoms with Gasteiger partial charge in [0.1, 0.15) is 5.69 Å². The zero-order valence-electron chi connectivity index (χ0n) is 9.94. The Morgan fingerprint density at radius 1 is 1.59 bits per heavy atom. The van der Waals surface area contributed by atoms with Crippen LogP contribution in [0.4, 0.5) is 5.13 Å². The minimum atomic E-state index is -0.0809. The molecule has 1 aromatic heterocycles. The van der Waals surface area contributed by atoms with Gasteiger partial charge in [-0.15, -0.1) is 11.3 Å². The Balaban J connectivity index is 1.97. The van der Waals surface area contributed by atoms with Gasteiger partial charge in [0.2, 0.25) is 0 Å². The number of anilines is 1. The number of carbonyl (C=O) groups excluding carboxylic acids is 1. The van der Waals surface area contributed by atoms with Crippen LogP contribution in [0.1, 0.15) is 23.8 Å². The first kappa shape index (κ1) is 12.3. The Morgan fingerprint density at radius 3 is 3.06 bits per heavy atom. The summed E-state index contributed by atoms with van der Waals surface area (Å²) in [5, 5.41) is 5.55. The molecule has 0 atom stereocenters. The van der Waals surface area contributed by atoms with Crippen LogP contribution in [0, 0.1) is 0 Å². The molecule has 17 heavy (non-hydrogen) atoms. The third-order valence-corrected chi connectivity index (χ3v) is 3.44. The first-order chi connectivity index (χ1) is 8.31. The van der Waals surface area contributed by atoms with Crippen LogP contribution in [0.3, 0.4) is 0 Å².